The number of hydrogen-bond donors (Lipinski definition) is 0. The Labute approximate surface area is 86.3 Å². The molecular formula is C14H16. The van der Waals surface area contributed by atoms with Gasteiger partial charge in [-0.15, -0.1) is 6.42 Å². The number of aryl methyl sites for hydroxylation is 1. The second-order valence-electron chi connectivity index (χ2n) is 4.57. The fourth-order valence-electron chi connectivity index (χ4n) is 2.28. The van der Waals surface area contributed by atoms with Gasteiger partial charge in [-0.25, -0.2) is 0 Å². The summed E-state index contributed by atoms with van der Waals surface area (Å²) >= 11 is 0. The van der Waals surface area contributed by atoms with Crippen molar-refractivity contribution in [3.8, 4) is 12.3 Å². The van der Waals surface area contributed by atoms with Crippen LogP contribution in [-0.4, -0.2) is 0 Å². The maximum absolute atomic E-state index is 5.58. The normalized spacial score (nSPS) is 14.9. The molecule has 0 nitrogen and oxygen atoms in total. The molecular weight excluding hydrogens is 168 g/mol. The molecule has 0 saturated carbocycles. The van der Waals surface area contributed by atoms with Crippen LogP contribution < -0.4 is 0 Å². The Morgan fingerprint density at radius 1 is 1.29 bits per heavy atom. The number of benzene rings is 1. The molecule has 0 saturated heterocycles. The standard InChI is InChI=1S/C14H16/c1-4-14(2,3)13-10-6-8-11-7-5-9-12(11)13/h1,6,8,10H,5,7,9H2,2-3H3. The lowest BCUT2D eigenvalue weighted by Crippen LogP contribution is -2.16. The topological polar surface area (TPSA) is 0 Å². The van der Waals surface area contributed by atoms with E-state index in [9.17, 15) is 0 Å². The summed E-state index contributed by atoms with van der Waals surface area (Å²) in [6.45, 7) is 4.25. The molecule has 0 radical (unpaired) electrons. The monoisotopic (exact) mass is 184 g/mol. The summed E-state index contributed by atoms with van der Waals surface area (Å²) in [5.41, 5.74) is 4.26. The Bertz CT molecular complexity index is 391. The first kappa shape index (κ1) is 9.34. The summed E-state index contributed by atoms with van der Waals surface area (Å²) in [5, 5.41) is 0. The minimum Gasteiger partial charge on any atom is -0.119 e. The fourth-order valence-corrected chi connectivity index (χ4v) is 2.28. The summed E-state index contributed by atoms with van der Waals surface area (Å²) in [5.74, 6) is 2.89. The molecule has 0 bridgehead atoms. The van der Waals surface area contributed by atoms with Crippen LogP contribution >= 0.6 is 0 Å². The maximum atomic E-state index is 5.58. The molecule has 0 amide bonds. The van der Waals surface area contributed by atoms with E-state index in [1.54, 1.807) is 0 Å². The highest BCUT2D eigenvalue weighted by molar-refractivity contribution is 5.45. The van der Waals surface area contributed by atoms with Crippen LogP contribution in [0.15, 0.2) is 18.2 Å². The molecule has 1 aromatic rings. The average molecular weight is 184 g/mol. The van der Waals surface area contributed by atoms with Gasteiger partial charge in [-0.2, -0.15) is 0 Å². The highest BCUT2D eigenvalue weighted by atomic mass is 14.3. The van der Waals surface area contributed by atoms with E-state index < -0.39 is 0 Å². The van der Waals surface area contributed by atoms with E-state index in [0.717, 1.165) is 0 Å². The molecule has 1 aliphatic rings. The van der Waals surface area contributed by atoms with Crippen molar-refractivity contribution in [1.29, 1.82) is 0 Å². The maximum Gasteiger partial charge on any atom is 0.0506 e. The first-order valence-electron chi connectivity index (χ1n) is 5.24. The zero-order valence-electron chi connectivity index (χ0n) is 8.93. The van der Waals surface area contributed by atoms with Crippen molar-refractivity contribution in [2.45, 2.75) is 38.5 Å². The molecule has 0 aliphatic heterocycles. The molecule has 0 unspecified atom stereocenters. The Morgan fingerprint density at radius 3 is 2.79 bits per heavy atom. The smallest absolute Gasteiger partial charge is 0.0506 e. The molecule has 0 atom stereocenters. The molecule has 0 aromatic heterocycles. The SMILES string of the molecule is C#CC(C)(C)c1cccc2c1CCC2. The largest absolute Gasteiger partial charge is 0.119 e. The third-order valence-electron chi connectivity index (χ3n) is 3.18. The van der Waals surface area contributed by atoms with Gasteiger partial charge < -0.3 is 0 Å². The van der Waals surface area contributed by atoms with Gasteiger partial charge in [0.1, 0.15) is 0 Å². The molecule has 72 valence electrons. The van der Waals surface area contributed by atoms with Gasteiger partial charge >= 0.3 is 0 Å². The zero-order valence-corrected chi connectivity index (χ0v) is 8.93. The van der Waals surface area contributed by atoms with E-state index in [1.807, 2.05) is 0 Å². The third-order valence-corrected chi connectivity index (χ3v) is 3.18. The second kappa shape index (κ2) is 3.17. The number of hydrogen-bond acceptors (Lipinski definition) is 0. The summed E-state index contributed by atoms with van der Waals surface area (Å²) in [4.78, 5) is 0. The number of fused-ring (bicyclic) bond motifs is 1. The van der Waals surface area contributed by atoms with Gasteiger partial charge in [0.25, 0.3) is 0 Å². The van der Waals surface area contributed by atoms with Crippen LogP contribution in [0.1, 0.15) is 37.0 Å². The van der Waals surface area contributed by atoms with E-state index in [4.69, 9.17) is 6.42 Å². The van der Waals surface area contributed by atoms with Gasteiger partial charge in [0.2, 0.25) is 0 Å². The molecule has 0 spiro atoms. The minimum atomic E-state index is -0.115. The van der Waals surface area contributed by atoms with Gasteiger partial charge in [0.15, 0.2) is 0 Å². The Hall–Kier alpha value is -1.22. The third kappa shape index (κ3) is 1.34. The highest BCUT2D eigenvalue weighted by Gasteiger charge is 2.24. The van der Waals surface area contributed by atoms with Gasteiger partial charge in [-0.05, 0) is 49.8 Å². The van der Waals surface area contributed by atoms with Crippen LogP contribution in [-0.2, 0) is 18.3 Å². The number of rotatable bonds is 1. The summed E-state index contributed by atoms with van der Waals surface area (Å²) in [6, 6.07) is 6.56. The average Bonchev–Trinajstić information content (AvgIpc) is 2.64. The van der Waals surface area contributed by atoms with Crippen LogP contribution in [0.5, 0.6) is 0 Å². The molecule has 0 heterocycles. The molecule has 1 aliphatic carbocycles. The van der Waals surface area contributed by atoms with Crippen molar-refractivity contribution < 1.29 is 0 Å². The van der Waals surface area contributed by atoms with Crippen LogP contribution in [0.3, 0.4) is 0 Å². The minimum absolute atomic E-state index is 0.115. The Morgan fingerprint density at radius 2 is 2.07 bits per heavy atom. The van der Waals surface area contributed by atoms with E-state index in [-0.39, 0.29) is 5.41 Å². The zero-order chi connectivity index (χ0) is 10.2. The predicted octanol–water partition coefficient (Wildman–Crippen LogP) is 3.09. The van der Waals surface area contributed by atoms with Gasteiger partial charge in [-0.1, -0.05) is 24.1 Å². The van der Waals surface area contributed by atoms with Crippen LogP contribution in [0.4, 0.5) is 0 Å². The van der Waals surface area contributed by atoms with E-state index >= 15 is 0 Å². The van der Waals surface area contributed by atoms with Crippen molar-refractivity contribution in [3.05, 3.63) is 34.9 Å². The lowest BCUT2D eigenvalue weighted by Gasteiger charge is -2.21. The molecule has 0 fully saturated rings. The quantitative estimate of drug-likeness (QED) is 0.588. The molecule has 2 rings (SSSR count). The molecule has 14 heavy (non-hydrogen) atoms. The first-order valence-corrected chi connectivity index (χ1v) is 5.24. The lowest BCUT2D eigenvalue weighted by molar-refractivity contribution is 0.688. The Balaban J connectivity index is 2.56. The molecule has 1 aromatic carbocycles. The first-order chi connectivity index (χ1) is 6.65. The van der Waals surface area contributed by atoms with Gasteiger partial charge in [0.05, 0.1) is 5.41 Å². The summed E-state index contributed by atoms with van der Waals surface area (Å²) < 4.78 is 0. The number of terminal acetylenes is 1. The lowest BCUT2D eigenvalue weighted by atomic mass is 9.81. The van der Waals surface area contributed by atoms with Crippen molar-refractivity contribution in [1.82, 2.24) is 0 Å². The van der Waals surface area contributed by atoms with E-state index in [2.05, 4.69) is 38.0 Å². The van der Waals surface area contributed by atoms with Crippen molar-refractivity contribution in [2.75, 3.05) is 0 Å². The van der Waals surface area contributed by atoms with Gasteiger partial charge in [0, 0.05) is 0 Å². The molecule has 0 heteroatoms. The second-order valence-corrected chi connectivity index (χ2v) is 4.57. The van der Waals surface area contributed by atoms with Crippen molar-refractivity contribution in [2.24, 2.45) is 0 Å². The van der Waals surface area contributed by atoms with Crippen LogP contribution in [0.2, 0.25) is 0 Å². The van der Waals surface area contributed by atoms with Gasteiger partial charge in [-0.3, -0.25) is 0 Å². The summed E-state index contributed by atoms with van der Waals surface area (Å²) in [6.07, 6.45) is 9.30. The Kier molecular flexibility index (Phi) is 2.11. The van der Waals surface area contributed by atoms with Crippen molar-refractivity contribution in [3.63, 3.8) is 0 Å². The van der Waals surface area contributed by atoms with E-state index in [0.29, 0.717) is 0 Å². The van der Waals surface area contributed by atoms with Crippen LogP contribution in [0.25, 0.3) is 0 Å². The predicted molar refractivity (Wildman–Crippen MR) is 60.3 cm³/mol. The molecule has 0 N–H and O–H groups in total. The highest BCUT2D eigenvalue weighted by Crippen LogP contribution is 2.32. The van der Waals surface area contributed by atoms with Crippen LogP contribution in [0, 0.1) is 12.3 Å². The van der Waals surface area contributed by atoms with Crippen molar-refractivity contribution >= 4 is 0 Å². The van der Waals surface area contributed by atoms with E-state index in [1.165, 1.54) is 36.0 Å². The summed E-state index contributed by atoms with van der Waals surface area (Å²) in [7, 11) is 0. The fraction of sp³-hybridized carbons (Fsp3) is 0.429.